The maximum absolute atomic E-state index is 12.6. The number of hydrogen-bond acceptors (Lipinski definition) is 4. The van der Waals surface area contributed by atoms with Crippen LogP contribution in [0.15, 0.2) is 79.4 Å². The van der Waals surface area contributed by atoms with Crippen LogP contribution in [0.25, 0.3) is 0 Å². The first-order chi connectivity index (χ1) is 14.0. The number of rotatable bonds is 6. The summed E-state index contributed by atoms with van der Waals surface area (Å²) in [6, 6.07) is 14.7. The Morgan fingerprint density at radius 3 is 1.17 bits per heavy atom. The molecule has 158 valence electrons. The molecule has 0 atom stereocenters. The molecule has 0 saturated heterocycles. The largest absolute Gasteiger partial charge is 0.278 e. The molecule has 3 aromatic carbocycles. The van der Waals surface area contributed by atoms with Crippen molar-refractivity contribution in [3.63, 3.8) is 0 Å². The second kappa shape index (κ2) is 9.05. The lowest BCUT2D eigenvalue weighted by Crippen LogP contribution is -2.15. The average Bonchev–Trinajstić information content (AvgIpc) is 2.68. The van der Waals surface area contributed by atoms with E-state index in [9.17, 15) is 16.8 Å². The van der Waals surface area contributed by atoms with Gasteiger partial charge in [-0.1, -0.05) is 55.1 Å². The van der Waals surface area contributed by atoms with Gasteiger partial charge in [-0.2, -0.15) is 0 Å². The summed E-state index contributed by atoms with van der Waals surface area (Å²) in [5, 5.41) is -0.290. The Morgan fingerprint density at radius 1 is 0.567 bits per heavy atom. The summed E-state index contributed by atoms with van der Waals surface area (Å²) in [6.45, 7) is 0. The minimum absolute atomic E-state index is 0.0103. The number of sulfonamides is 2. The normalized spacial score (nSPS) is 11.9. The summed E-state index contributed by atoms with van der Waals surface area (Å²) in [5.74, 6) is 0. The number of halogens is 4. The van der Waals surface area contributed by atoms with Crippen LogP contribution in [0, 0.1) is 0 Å². The average molecular weight is 615 g/mol. The van der Waals surface area contributed by atoms with Crippen molar-refractivity contribution in [2.45, 2.75) is 9.79 Å². The summed E-state index contributed by atoms with van der Waals surface area (Å²) in [4.78, 5) is 0.0517. The zero-order valence-electron chi connectivity index (χ0n) is 14.7. The van der Waals surface area contributed by atoms with Gasteiger partial charge >= 0.3 is 0 Å². The predicted octanol–water partition coefficient (Wildman–Crippen LogP) is 6.12. The first-order valence-electron chi connectivity index (χ1n) is 8.04. The van der Waals surface area contributed by atoms with E-state index in [-0.39, 0.29) is 31.2 Å². The molecule has 0 aliphatic rings. The van der Waals surface area contributed by atoms with Gasteiger partial charge in [-0.05, 0) is 60.7 Å². The van der Waals surface area contributed by atoms with E-state index in [2.05, 4.69) is 41.3 Å². The first-order valence-corrected chi connectivity index (χ1v) is 13.4. The molecule has 3 rings (SSSR count). The van der Waals surface area contributed by atoms with Crippen molar-refractivity contribution < 1.29 is 16.8 Å². The summed E-state index contributed by atoms with van der Waals surface area (Å²) in [6.07, 6.45) is 0. The lowest BCUT2D eigenvalue weighted by atomic mass is 10.3. The smallest absolute Gasteiger partial charge is 0.261 e. The van der Waals surface area contributed by atoms with E-state index in [0.717, 1.165) is 8.95 Å². The van der Waals surface area contributed by atoms with E-state index in [1.807, 2.05) is 0 Å². The highest BCUT2D eigenvalue weighted by molar-refractivity contribution is 9.10. The van der Waals surface area contributed by atoms with Crippen LogP contribution in [0.5, 0.6) is 0 Å². The highest BCUT2D eigenvalue weighted by atomic mass is 79.9. The summed E-state index contributed by atoms with van der Waals surface area (Å²) < 4.78 is 56.4. The molecule has 2 N–H and O–H groups in total. The number of benzene rings is 3. The van der Waals surface area contributed by atoms with Gasteiger partial charge in [-0.25, -0.2) is 16.8 Å². The van der Waals surface area contributed by atoms with Crippen molar-refractivity contribution in [1.82, 2.24) is 0 Å². The van der Waals surface area contributed by atoms with Crippen molar-refractivity contribution in [2.75, 3.05) is 9.44 Å². The molecule has 0 unspecified atom stereocenters. The third-order valence-corrected chi connectivity index (χ3v) is 8.52. The Morgan fingerprint density at radius 2 is 0.867 bits per heavy atom. The van der Waals surface area contributed by atoms with Crippen LogP contribution in [-0.2, 0) is 20.0 Å². The molecule has 6 nitrogen and oxygen atoms in total. The third-order valence-electron chi connectivity index (χ3n) is 3.82. The van der Waals surface area contributed by atoms with Crippen LogP contribution in [0.4, 0.5) is 11.4 Å². The maximum atomic E-state index is 12.6. The first kappa shape index (κ1) is 23.4. The molecule has 0 radical (unpaired) electrons. The van der Waals surface area contributed by atoms with Crippen LogP contribution in [0.3, 0.4) is 0 Å². The zero-order valence-corrected chi connectivity index (χ0v) is 21.1. The molecule has 0 aromatic heterocycles. The van der Waals surface area contributed by atoms with Crippen molar-refractivity contribution >= 4 is 86.5 Å². The Hall–Kier alpha value is -1.30. The maximum Gasteiger partial charge on any atom is 0.261 e. The molecule has 3 aromatic rings. The molecule has 0 bridgehead atoms. The molecule has 0 heterocycles. The molecule has 0 fully saturated rings. The van der Waals surface area contributed by atoms with Gasteiger partial charge in [0.1, 0.15) is 0 Å². The molecule has 0 saturated carbocycles. The quantitative estimate of drug-likeness (QED) is 0.350. The lowest BCUT2D eigenvalue weighted by molar-refractivity contribution is 0.599. The SMILES string of the molecule is O=S(=O)(Nc1ccc(NS(=O)(=O)c2ccc(Br)cc2)c(Cl)c1Cl)c1ccc(Br)cc1. The third kappa shape index (κ3) is 5.30. The minimum atomic E-state index is -3.92. The van der Waals surface area contributed by atoms with Crippen molar-refractivity contribution in [1.29, 1.82) is 0 Å². The Kier molecular flexibility index (Phi) is 7.05. The van der Waals surface area contributed by atoms with E-state index >= 15 is 0 Å². The Balaban J connectivity index is 1.88. The molecule has 0 amide bonds. The standard InChI is InChI=1S/C18H12Br2Cl2N2O4S2/c19-11-1-5-13(6-2-11)29(25,26)23-15-9-10-16(18(22)17(15)21)24-30(27,28)14-7-3-12(20)4-8-14/h1-10,23-24H. The molecule has 12 heteroatoms. The predicted molar refractivity (Wildman–Crippen MR) is 126 cm³/mol. The molecular formula is C18H12Br2Cl2N2O4S2. The summed E-state index contributed by atoms with van der Waals surface area (Å²) >= 11 is 18.9. The minimum Gasteiger partial charge on any atom is -0.278 e. The fourth-order valence-corrected chi connectivity index (χ4v) is 5.55. The molecule has 30 heavy (non-hydrogen) atoms. The van der Waals surface area contributed by atoms with Gasteiger partial charge in [0.25, 0.3) is 20.0 Å². The number of anilines is 2. The van der Waals surface area contributed by atoms with Crippen LogP contribution in [0.2, 0.25) is 10.0 Å². The fourth-order valence-electron chi connectivity index (χ4n) is 2.34. The van der Waals surface area contributed by atoms with Gasteiger partial charge in [0.2, 0.25) is 0 Å². The summed E-state index contributed by atoms with van der Waals surface area (Å²) in [7, 11) is -7.84. The van der Waals surface area contributed by atoms with Gasteiger partial charge in [0, 0.05) is 8.95 Å². The van der Waals surface area contributed by atoms with E-state index in [1.54, 1.807) is 24.3 Å². The Bertz CT molecular complexity index is 1200. The fraction of sp³-hybridized carbons (Fsp3) is 0. The van der Waals surface area contributed by atoms with Gasteiger partial charge in [0.15, 0.2) is 0 Å². The lowest BCUT2D eigenvalue weighted by Gasteiger charge is -2.14. The van der Waals surface area contributed by atoms with E-state index in [0.29, 0.717) is 0 Å². The van der Waals surface area contributed by atoms with E-state index < -0.39 is 20.0 Å². The van der Waals surface area contributed by atoms with Crippen molar-refractivity contribution in [2.24, 2.45) is 0 Å². The number of nitrogens with one attached hydrogen (secondary N) is 2. The van der Waals surface area contributed by atoms with Crippen LogP contribution in [0.1, 0.15) is 0 Å². The van der Waals surface area contributed by atoms with Crippen molar-refractivity contribution in [3.05, 3.63) is 79.7 Å². The monoisotopic (exact) mass is 612 g/mol. The topological polar surface area (TPSA) is 92.3 Å². The van der Waals surface area contributed by atoms with Gasteiger partial charge in [-0.3, -0.25) is 9.44 Å². The van der Waals surface area contributed by atoms with Crippen LogP contribution >= 0.6 is 55.1 Å². The molecule has 0 spiro atoms. The highest BCUT2D eigenvalue weighted by Crippen LogP contribution is 2.38. The number of hydrogen-bond donors (Lipinski definition) is 2. The molecular weight excluding hydrogens is 603 g/mol. The molecule has 0 aliphatic heterocycles. The van der Waals surface area contributed by atoms with Gasteiger partial charge < -0.3 is 0 Å². The molecule has 0 aliphatic carbocycles. The van der Waals surface area contributed by atoms with Gasteiger partial charge in [0.05, 0.1) is 31.2 Å². The van der Waals surface area contributed by atoms with E-state index in [4.69, 9.17) is 23.2 Å². The summed E-state index contributed by atoms with van der Waals surface area (Å²) in [5.41, 5.74) is 0.0207. The Labute approximate surface area is 201 Å². The van der Waals surface area contributed by atoms with Gasteiger partial charge in [-0.15, -0.1) is 0 Å². The second-order valence-electron chi connectivity index (χ2n) is 5.91. The second-order valence-corrected chi connectivity index (χ2v) is 11.9. The zero-order chi connectivity index (χ0) is 22.1. The van der Waals surface area contributed by atoms with Crippen LogP contribution < -0.4 is 9.44 Å². The van der Waals surface area contributed by atoms with E-state index in [1.165, 1.54) is 36.4 Å². The van der Waals surface area contributed by atoms with Crippen molar-refractivity contribution in [3.8, 4) is 0 Å². The van der Waals surface area contributed by atoms with Crippen LogP contribution in [-0.4, -0.2) is 16.8 Å². The highest BCUT2D eigenvalue weighted by Gasteiger charge is 2.21.